The molecular formula is C21H23FN2O3. The van der Waals surface area contributed by atoms with Crippen LogP contribution in [0.5, 0.6) is 5.75 Å². The molecule has 3 rings (SSSR count). The molecule has 1 aliphatic rings. The van der Waals surface area contributed by atoms with Gasteiger partial charge < -0.3 is 15.0 Å². The van der Waals surface area contributed by atoms with Crippen molar-refractivity contribution in [3.8, 4) is 5.75 Å². The topological polar surface area (TPSA) is 58.6 Å². The lowest BCUT2D eigenvalue weighted by atomic mass is 9.96. The number of hydrogen-bond acceptors (Lipinski definition) is 3. The van der Waals surface area contributed by atoms with Crippen molar-refractivity contribution in [1.82, 2.24) is 4.90 Å². The number of nitrogens with one attached hydrogen (secondary N) is 1. The highest BCUT2D eigenvalue weighted by Gasteiger charge is 2.30. The molecule has 0 saturated carbocycles. The fourth-order valence-corrected chi connectivity index (χ4v) is 3.27. The molecule has 1 unspecified atom stereocenters. The zero-order chi connectivity index (χ0) is 19.2. The van der Waals surface area contributed by atoms with Gasteiger partial charge in [0.1, 0.15) is 11.6 Å². The minimum absolute atomic E-state index is 0.0419. The smallest absolute Gasteiger partial charge is 0.256 e. The molecule has 1 heterocycles. The van der Waals surface area contributed by atoms with Crippen molar-refractivity contribution >= 4 is 17.5 Å². The Labute approximate surface area is 158 Å². The van der Waals surface area contributed by atoms with E-state index in [1.807, 2.05) is 19.1 Å². The molecular weight excluding hydrogens is 347 g/mol. The number of anilines is 1. The van der Waals surface area contributed by atoms with Crippen LogP contribution in [0.4, 0.5) is 10.1 Å². The van der Waals surface area contributed by atoms with Crippen molar-refractivity contribution in [2.75, 3.05) is 25.0 Å². The quantitative estimate of drug-likeness (QED) is 0.873. The summed E-state index contributed by atoms with van der Waals surface area (Å²) in [7, 11) is 0. The number of amides is 2. The minimum Gasteiger partial charge on any atom is -0.492 e. The van der Waals surface area contributed by atoms with Crippen molar-refractivity contribution in [3.63, 3.8) is 0 Å². The fraction of sp³-hybridized carbons (Fsp3) is 0.333. The molecule has 2 aromatic rings. The summed E-state index contributed by atoms with van der Waals surface area (Å²) in [5, 5.41) is 2.90. The number of halogens is 1. The lowest BCUT2D eigenvalue weighted by Crippen LogP contribution is -2.44. The van der Waals surface area contributed by atoms with Crippen molar-refractivity contribution in [2.24, 2.45) is 5.92 Å². The third kappa shape index (κ3) is 4.45. The standard InChI is InChI=1S/C21H23FN2O3/c1-2-27-19-12-6-5-11-18(19)23-20(25)15-8-7-13-24(14-15)21(26)16-9-3-4-10-17(16)22/h3-6,9-12,15H,2,7-8,13-14H2,1H3,(H,23,25). The number of ether oxygens (including phenoxy) is 1. The number of para-hydroxylation sites is 2. The van der Waals surface area contributed by atoms with E-state index < -0.39 is 5.82 Å². The van der Waals surface area contributed by atoms with E-state index in [2.05, 4.69) is 5.32 Å². The van der Waals surface area contributed by atoms with E-state index in [9.17, 15) is 14.0 Å². The summed E-state index contributed by atoms with van der Waals surface area (Å²) in [5.74, 6) is -0.805. The van der Waals surface area contributed by atoms with Gasteiger partial charge in [-0.15, -0.1) is 0 Å². The summed E-state index contributed by atoms with van der Waals surface area (Å²) in [6, 6.07) is 13.2. The van der Waals surface area contributed by atoms with Gasteiger partial charge in [0.2, 0.25) is 5.91 Å². The number of rotatable bonds is 5. The number of carbonyl (C=O) groups excluding carboxylic acids is 2. The molecule has 0 aliphatic carbocycles. The Balaban J connectivity index is 1.68. The number of hydrogen-bond donors (Lipinski definition) is 1. The lowest BCUT2D eigenvalue weighted by Gasteiger charge is -2.32. The predicted octanol–water partition coefficient (Wildman–Crippen LogP) is 3.72. The molecule has 27 heavy (non-hydrogen) atoms. The molecule has 1 aliphatic heterocycles. The average molecular weight is 370 g/mol. The molecule has 0 aromatic heterocycles. The molecule has 0 bridgehead atoms. The van der Waals surface area contributed by atoms with Crippen LogP contribution in [0, 0.1) is 11.7 Å². The Morgan fingerprint density at radius 3 is 2.70 bits per heavy atom. The Bertz CT molecular complexity index is 825. The molecule has 5 nitrogen and oxygen atoms in total. The van der Waals surface area contributed by atoms with Crippen LogP contribution in [0.25, 0.3) is 0 Å². The number of piperidine rings is 1. The Hall–Kier alpha value is -2.89. The first-order valence-corrected chi connectivity index (χ1v) is 9.16. The van der Waals surface area contributed by atoms with Crippen LogP contribution in [0.2, 0.25) is 0 Å². The van der Waals surface area contributed by atoms with Crippen molar-refractivity contribution in [2.45, 2.75) is 19.8 Å². The van der Waals surface area contributed by atoms with E-state index in [-0.39, 0.29) is 29.8 Å². The van der Waals surface area contributed by atoms with Crippen LogP contribution in [-0.4, -0.2) is 36.4 Å². The minimum atomic E-state index is -0.542. The fourth-order valence-electron chi connectivity index (χ4n) is 3.27. The molecule has 2 amide bonds. The predicted molar refractivity (Wildman–Crippen MR) is 101 cm³/mol. The van der Waals surface area contributed by atoms with Gasteiger partial charge in [-0.25, -0.2) is 4.39 Å². The highest BCUT2D eigenvalue weighted by molar-refractivity contribution is 5.97. The second-order valence-electron chi connectivity index (χ2n) is 6.49. The molecule has 0 spiro atoms. The third-order valence-corrected chi connectivity index (χ3v) is 4.63. The normalized spacial score (nSPS) is 16.7. The number of likely N-dealkylation sites (tertiary alicyclic amines) is 1. The largest absolute Gasteiger partial charge is 0.492 e. The first-order chi connectivity index (χ1) is 13.1. The van der Waals surface area contributed by atoms with Gasteiger partial charge in [-0.05, 0) is 44.0 Å². The van der Waals surface area contributed by atoms with Gasteiger partial charge in [0.05, 0.1) is 23.8 Å². The second-order valence-corrected chi connectivity index (χ2v) is 6.49. The summed E-state index contributed by atoms with van der Waals surface area (Å²) in [5.41, 5.74) is 0.655. The van der Waals surface area contributed by atoms with Gasteiger partial charge in [-0.2, -0.15) is 0 Å². The maximum absolute atomic E-state index is 13.9. The van der Waals surface area contributed by atoms with E-state index in [4.69, 9.17) is 4.74 Å². The molecule has 142 valence electrons. The first kappa shape index (κ1) is 18.9. The van der Waals surface area contributed by atoms with Gasteiger partial charge in [0.15, 0.2) is 0 Å². The molecule has 1 fully saturated rings. The van der Waals surface area contributed by atoms with E-state index in [0.717, 1.165) is 0 Å². The summed E-state index contributed by atoms with van der Waals surface area (Å²) in [6.07, 6.45) is 1.38. The lowest BCUT2D eigenvalue weighted by molar-refractivity contribution is -0.121. The van der Waals surface area contributed by atoms with E-state index in [0.29, 0.717) is 37.4 Å². The van der Waals surface area contributed by atoms with E-state index >= 15 is 0 Å². The number of carbonyl (C=O) groups is 2. The zero-order valence-electron chi connectivity index (χ0n) is 15.3. The van der Waals surface area contributed by atoms with Gasteiger partial charge in [0.25, 0.3) is 5.91 Å². The average Bonchev–Trinajstić information content (AvgIpc) is 2.69. The van der Waals surface area contributed by atoms with Gasteiger partial charge in [-0.1, -0.05) is 24.3 Å². The van der Waals surface area contributed by atoms with Gasteiger partial charge in [-0.3, -0.25) is 9.59 Å². The zero-order valence-corrected chi connectivity index (χ0v) is 15.3. The number of nitrogens with zero attached hydrogens (tertiary/aromatic N) is 1. The summed E-state index contributed by atoms with van der Waals surface area (Å²) in [4.78, 5) is 26.9. The highest BCUT2D eigenvalue weighted by Crippen LogP contribution is 2.26. The van der Waals surface area contributed by atoms with Crippen LogP contribution < -0.4 is 10.1 Å². The van der Waals surface area contributed by atoms with Crippen molar-refractivity contribution in [3.05, 3.63) is 59.9 Å². The van der Waals surface area contributed by atoms with Crippen LogP contribution in [0.3, 0.4) is 0 Å². The van der Waals surface area contributed by atoms with Crippen molar-refractivity contribution in [1.29, 1.82) is 0 Å². The summed E-state index contributed by atoms with van der Waals surface area (Å²) < 4.78 is 19.4. The Morgan fingerprint density at radius 1 is 1.19 bits per heavy atom. The third-order valence-electron chi connectivity index (χ3n) is 4.63. The summed E-state index contributed by atoms with van der Waals surface area (Å²) in [6.45, 7) is 3.18. The Kier molecular flexibility index (Phi) is 6.06. The van der Waals surface area contributed by atoms with Crippen LogP contribution in [0.15, 0.2) is 48.5 Å². The van der Waals surface area contributed by atoms with Crippen LogP contribution in [-0.2, 0) is 4.79 Å². The van der Waals surface area contributed by atoms with Gasteiger partial charge in [0, 0.05) is 13.1 Å². The molecule has 0 radical (unpaired) electrons. The van der Waals surface area contributed by atoms with Gasteiger partial charge >= 0.3 is 0 Å². The molecule has 2 aromatic carbocycles. The van der Waals surface area contributed by atoms with E-state index in [1.165, 1.54) is 12.1 Å². The summed E-state index contributed by atoms with van der Waals surface area (Å²) >= 11 is 0. The molecule has 6 heteroatoms. The van der Waals surface area contributed by atoms with E-state index in [1.54, 1.807) is 29.2 Å². The molecule has 1 saturated heterocycles. The van der Waals surface area contributed by atoms with Crippen LogP contribution >= 0.6 is 0 Å². The Morgan fingerprint density at radius 2 is 1.93 bits per heavy atom. The first-order valence-electron chi connectivity index (χ1n) is 9.16. The van der Waals surface area contributed by atoms with Crippen LogP contribution in [0.1, 0.15) is 30.1 Å². The molecule has 1 atom stereocenters. The molecule has 1 N–H and O–H groups in total. The number of benzene rings is 2. The second kappa shape index (κ2) is 8.66. The maximum Gasteiger partial charge on any atom is 0.256 e. The highest BCUT2D eigenvalue weighted by atomic mass is 19.1. The SMILES string of the molecule is CCOc1ccccc1NC(=O)C1CCCN(C(=O)c2ccccc2F)C1. The maximum atomic E-state index is 13.9. The van der Waals surface area contributed by atoms with Crippen molar-refractivity contribution < 1.29 is 18.7 Å². The monoisotopic (exact) mass is 370 g/mol.